The van der Waals surface area contributed by atoms with Crippen LogP contribution >= 0.6 is 0 Å². The lowest BCUT2D eigenvalue weighted by atomic mass is 9.81. The van der Waals surface area contributed by atoms with Gasteiger partial charge in [-0.15, -0.1) is 0 Å². The van der Waals surface area contributed by atoms with Gasteiger partial charge in [0.25, 0.3) is 0 Å². The Labute approximate surface area is 191 Å². The first-order valence-electron chi connectivity index (χ1n) is 10.7. The number of hydrogen-bond donors (Lipinski definition) is 0. The van der Waals surface area contributed by atoms with Gasteiger partial charge in [0.15, 0.2) is 0 Å². The minimum Gasteiger partial charge on any atom is -0.493 e. The maximum absolute atomic E-state index is 5.97. The summed E-state index contributed by atoms with van der Waals surface area (Å²) in [6.07, 6.45) is 7.83. The molecule has 0 aromatic heterocycles. The Morgan fingerprint density at radius 1 is 0.625 bits per heavy atom. The summed E-state index contributed by atoms with van der Waals surface area (Å²) < 4.78 is 11.5. The van der Waals surface area contributed by atoms with Gasteiger partial charge in [0, 0.05) is 16.5 Å². The first kappa shape index (κ1) is 20.5. The van der Waals surface area contributed by atoms with E-state index in [0.717, 1.165) is 28.0 Å². The molecule has 2 aliphatic heterocycles. The highest BCUT2D eigenvalue weighted by molar-refractivity contribution is 6.17. The molecule has 0 saturated heterocycles. The molecule has 4 heteroatoms. The molecule has 0 N–H and O–H groups in total. The summed E-state index contributed by atoms with van der Waals surface area (Å²) in [7, 11) is 11.9. The van der Waals surface area contributed by atoms with Crippen molar-refractivity contribution in [2.75, 3.05) is 0 Å². The van der Waals surface area contributed by atoms with Gasteiger partial charge in [0.2, 0.25) is 0 Å². The molecule has 4 aromatic rings. The van der Waals surface area contributed by atoms with E-state index in [2.05, 4.69) is 42.5 Å². The lowest BCUT2D eigenvalue weighted by Gasteiger charge is -2.29. The van der Waals surface area contributed by atoms with E-state index in [9.17, 15) is 0 Å². The fourth-order valence-corrected chi connectivity index (χ4v) is 4.07. The number of rotatable bonds is 0. The largest absolute Gasteiger partial charge is 0.493 e. The van der Waals surface area contributed by atoms with E-state index in [0.29, 0.717) is 0 Å². The van der Waals surface area contributed by atoms with Gasteiger partial charge in [-0.25, -0.2) is 0 Å². The van der Waals surface area contributed by atoms with E-state index in [4.69, 9.17) is 25.2 Å². The molecule has 6 rings (SSSR count). The molecular weight excluding hydrogens is 390 g/mol. The zero-order valence-electron chi connectivity index (χ0n) is 18.2. The van der Waals surface area contributed by atoms with Crippen LogP contribution < -0.4 is 9.47 Å². The molecule has 2 unspecified atom stereocenters. The minimum absolute atomic E-state index is 0.699. The molecule has 4 aromatic carbocycles. The Morgan fingerprint density at radius 2 is 1.22 bits per heavy atom. The zero-order valence-corrected chi connectivity index (χ0v) is 18.2. The summed E-state index contributed by atoms with van der Waals surface area (Å²) in [5.74, 6) is 1.73. The molecule has 0 bridgehead atoms. The summed E-state index contributed by atoms with van der Waals surface area (Å²) in [6, 6.07) is 24.6. The van der Waals surface area contributed by atoms with Gasteiger partial charge in [-0.1, -0.05) is 91.0 Å². The second-order valence-corrected chi connectivity index (χ2v) is 8.64. The summed E-state index contributed by atoms with van der Waals surface area (Å²) >= 11 is 0. The molecule has 0 amide bonds. The van der Waals surface area contributed by atoms with Crippen LogP contribution in [0.3, 0.4) is 0 Å². The van der Waals surface area contributed by atoms with Crippen molar-refractivity contribution in [1.29, 1.82) is 0 Å². The average molecular weight is 412 g/mol. The van der Waals surface area contributed by atoms with E-state index in [-0.39, 0.29) is 0 Å². The van der Waals surface area contributed by atoms with Crippen molar-refractivity contribution in [2.45, 2.75) is 24.8 Å². The zero-order chi connectivity index (χ0) is 22.3. The first-order valence-corrected chi connectivity index (χ1v) is 10.7. The van der Waals surface area contributed by atoms with Crippen molar-refractivity contribution in [3.8, 4) is 11.5 Å². The van der Waals surface area contributed by atoms with Crippen molar-refractivity contribution in [3.05, 3.63) is 96.1 Å². The Hall–Kier alpha value is -3.39. The van der Waals surface area contributed by atoms with Gasteiger partial charge in [-0.2, -0.15) is 0 Å². The summed E-state index contributed by atoms with van der Waals surface area (Å²) in [6.45, 7) is 3.70. The highest BCUT2D eigenvalue weighted by Gasteiger charge is 2.23. The predicted octanol–water partition coefficient (Wildman–Crippen LogP) is 6.26. The standard InChI is InChI=1S/2C14H11BO/c1-14(15)9-8-11-7-6-10-4-2-3-5-12(10)13(11)16-14;1-14(15)9-8-12-11-5-3-2-4-10(11)6-7-13(12)16-14/h2*2-9H,1H3. The van der Waals surface area contributed by atoms with E-state index in [1.165, 1.54) is 16.2 Å². The van der Waals surface area contributed by atoms with Crippen LogP contribution in [-0.2, 0) is 0 Å². The van der Waals surface area contributed by atoms with Gasteiger partial charge in [-0.05, 0) is 36.1 Å². The fourth-order valence-electron chi connectivity index (χ4n) is 4.07. The normalized spacial score (nSPS) is 22.8. The number of benzene rings is 4. The first-order chi connectivity index (χ1) is 15.3. The van der Waals surface area contributed by atoms with Crippen LogP contribution in [0.1, 0.15) is 25.0 Å². The highest BCUT2D eigenvalue weighted by Crippen LogP contribution is 2.36. The molecular formula is C28H22B2O2. The lowest BCUT2D eigenvalue weighted by Crippen LogP contribution is -2.32. The number of hydrogen-bond acceptors (Lipinski definition) is 2. The average Bonchev–Trinajstić information content (AvgIpc) is 2.78. The highest BCUT2D eigenvalue weighted by atomic mass is 16.5. The fraction of sp³-hybridized carbons (Fsp3) is 0.143. The van der Waals surface area contributed by atoms with Crippen LogP contribution in [0, 0.1) is 0 Å². The molecule has 32 heavy (non-hydrogen) atoms. The molecule has 152 valence electrons. The quantitative estimate of drug-likeness (QED) is 0.318. The minimum atomic E-state index is -0.711. The summed E-state index contributed by atoms with van der Waals surface area (Å²) in [4.78, 5) is 0. The maximum Gasteiger partial charge on any atom is 0.137 e. The van der Waals surface area contributed by atoms with Crippen LogP contribution in [0.4, 0.5) is 0 Å². The van der Waals surface area contributed by atoms with Crippen LogP contribution in [-0.4, -0.2) is 26.7 Å². The predicted molar refractivity (Wildman–Crippen MR) is 136 cm³/mol. The van der Waals surface area contributed by atoms with E-state index in [1.807, 2.05) is 68.5 Å². The third-order valence-electron chi connectivity index (χ3n) is 5.67. The molecule has 0 spiro atoms. The second kappa shape index (κ2) is 7.63. The third kappa shape index (κ3) is 3.93. The van der Waals surface area contributed by atoms with Gasteiger partial charge >= 0.3 is 0 Å². The smallest absolute Gasteiger partial charge is 0.137 e. The lowest BCUT2D eigenvalue weighted by molar-refractivity contribution is 0.224. The van der Waals surface area contributed by atoms with E-state index < -0.39 is 11.0 Å². The van der Waals surface area contributed by atoms with E-state index >= 15 is 0 Å². The van der Waals surface area contributed by atoms with Crippen molar-refractivity contribution in [3.63, 3.8) is 0 Å². The van der Waals surface area contributed by atoms with Crippen LogP contribution in [0.2, 0.25) is 0 Å². The summed E-state index contributed by atoms with van der Waals surface area (Å²) in [5.41, 5.74) is 0.787. The van der Waals surface area contributed by atoms with Crippen LogP contribution in [0.15, 0.2) is 84.9 Å². The van der Waals surface area contributed by atoms with Gasteiger partial charge in [-0.3, -0.25) is 0 Å². The molecule has 2 atom stereocenters. The Bertz CT molecular complexity index is 1380. The van der Waals surface area contributed by atoms with Crippen molar-refractivity contribution in [1.82, 2.24) is 0 Å². The SMILES string of the molecule is [B]C1(C)C=Cc2c(ccc3ccccc23)O1.[B]C1(C)C=Cc2ccc3ccccc3c2O1. The monoisotopic (exact) mass is 412 g/mol. The molecule has 2 heterocycles. The van der Waals surface area contributed by atoms with E-state index in [1.54, 1.807) is 0 Å². The Balaban J connectivity index is 0.000000135. The van der Waals surface area contributed by atoms with Gasteiger partial charge in [0.05, 0.1) is 11.0 Å². The third-order valence-corrected chi connectivity index (χ3v) is 5.67. The second-order valence-electron chi connectivity index (χ2n) is 8.64. The summed E-state index contributed by atoms with van der Waals surface area (Å²) in [5, 5.41) is 4.70. The Kier molecular flexibility index (Phi) is 4.89. The van der Waals surface area contributed by atoms with Gasteiger partial charge < -0.3 is 9.47 Å². The van der Waals surface area contributed by atoms with Crippen molar-refractivity contribution in [2.24, 2.45) is 0 Å². The maximum atomic E-state index is 5.97. The van der Waals surface area contributed by atoms with Gasteiger partial charge in [0.1, 0.15) is 27.2 Å². The van der Waals surface area contributed by atoms with Crippen molar-refractivity contribution >= 4 is 49.4 Å². The molecule has 2 aliphatic rings. The molecule has 0 saturated carbocycles. The van der Waals surface area contributed by atoms with Crippen molar-refractivity contribution < 1.29 is 9.47 Å². The molecule has 0 aliphatic carbocycles. The molecule has 0 fully saturated rings. The Morgan fingerprint density at radius 3 is 2.00 bits per heavy atom. The molecule has 4 radical (unpaired) electrons. The van der Waals surface area contributed by atoms with Crippen LogP contribution in [0.5, 0.6) is 11.5 Å². The topological polar surface area (TPSA) is 18.5 Å². The van der Waals surface area contributed by atoms with Crippen LogP contribution in [0.25, 0.3) is 33.7 Å². The molecule has 2 nitrogen and oxygen atoms in total. The number of ether oxygens (including phenoxy) is 2. The number of fused-ring (bicyclic) bond motifs is 6.